The van der Waals surface area contributed by atoms with Crippen molar-refractivity contribution in [2.75, 3.05) is 6.54 Å². The number of fused-ring (bicyclic) bond motifs is 1. The van der Waals surface area contributed by atoms with Gasteiger partial charge in [-0.25, -0.2) is 4.98 Å². The second kappa shape index (κ2) is 7.36. The molecule has 134 valence electrons. The Bertz CT molecular complexity index is 611. The topological polar surface area (TPSA) is 76.0 Å². The zero-order chi connectivity index (χ0) is 17.9. The molecular weight excluding hydrogens is 304 g/mol. The molecule has 0 radical (unpaired) electrons. The Morgan fingerprint density at radius 3 is 2.54 bits per heavy atom. The molecule has 6 heteroatoms. The molecule has 24 heavy (non-hydrogen) atoms. The summed E-state index contributed by atoms with van der Waals surface area (Å²) in [6.07, 6.45) is 3.76. The number of nitrogens with zero attached hydrogens (tertiary/aromatic N) is 2. The van der Waals surface area contributed by atoms with Crippen LogP contribution in [0.2, 0.25) is 0 Å². The summed E-state index contributed by atoms with van der Waals surface area (Å²) in [5.41, 5.74) is 0.970. The smallest absolute Gasteiger partial charge is 0.287 e. The molecule has 6 nitrogen and oxygen atoms in total. The molecule has 1 aliphatic heterocycles. The van der Waals surface area contributed by atoms with Crippen LogP contribution >= 0.6 is 0 Å². The van der Waals surface area contributed by atoms with Crippen LogP contribution in [0.3, 0.4) is 0 Å². The summed E-state index contributed by atoms with van der Waals surface area (Å²) in [7, 11) is 0. The summed E-state index contributed by atoms with van der Waals surface area (Å²) in [6.45, 7) is 11.4. The van der Waals surface area contributed by atoms with E-state index >= 15 is 0 Å². The predicted octanol–water partition coefficient (Wildman–Crippen LogP) is 2.52. The molecule has 0 spiro atoms. The average Bonchev–Trinajstić information content (AvgIpc) is 2.84. The normalized spacial score (nSPS) is 14.4. The SMILES string of the molecule is CC(C)CCNC(=O)c1nc(C(=O)NC(C)(C)C)n2c1CCCC2. The van der Waals surface area contributed by atoms with E-state index in [1.54, 1.807) is 0 Å². The van der Waals surface area contributed by atoms with Crippen molar-refractivity contribution in [2.24, 2.45) is 5.92 Å². The number of hydrogen-bond acceptors (Lipinski definition) is 3. The second-order valence-electron chi connectivity index (χ2n) is 7.98. The number of imidazole rings is 1. The highest BCUT2D eigenvalue weighted by atomic mass is 16.2. The highest BCUT2D eigenvalue weighted by molar-refractivity contribution is 5.97. The third-order valence-electron chi connectivity index (χ3n) is 4.03. The van der Waals surface area contributed by atoms with Gasteiger partial charge in [0.25, 0.3) is 11.8 Å². The fourth-order valence-corrected chi connectivity index (χ4v) is 2.85. The lowest BCUT2D eigenvalue weighted by atomic mass is 10.1. The van der Waals surface area contributed by atoms with E-state index in [9.17, 15) is 9.59 Å². The summed E-state index contributed by atoms with van der Waals surface area (Å²) in [5.74, 6) is 0.506. The summed E-state index contributed by atoms with van der Waals surface area (Å²) in [4.78, 5) is 29.5. The Morgan fingerprint density at radius 2 is 1.92 bits per heavy atom. The quantitative estimate of drug-likeness (QED) is 0.869. The lowest BCUT2D eigenvalue weighted by Gasteiger charge is -2.22. The molecule has 0 fully saturated rings. The summed E-state index contributed by atoms with van der Waals surface area (Å²) < 4.78 is 1.92. The predicted molar refractivity (Wildman–Crippen MR) is 94.2 cm³/mol. The first-order valence-electron chi connectivity index (χ1n) is 8.89. The number of aromatic nitrogens is 2. The summed E-state index contributed by atoms with van der Waals surface area (Å²) in [5, 5.41) is 5.88. The van der Waals surface area contributed by atoms with Crippen LogP contribution in [0.4, 0.5) is 0 Å². The summed E-state index contributed by atoms with van der Waals surface area (Å²) in [6, 6.07) is 0. The Kier molecular flexibility index (Phi) is 5.67. The maximum atomic E-state index is 12.5. The molecule has 1 aromatic heterocycles. The average molecular weight is 334 g/mol. The molecule has 1 aromatic rings. The Hall–Kier alpha value is -1.85. The molecule has 2 rings (SSSR count). The number of nitrogens with one attached hydrogen (secondary N) is 2. The maximum absolute atomic E-state index is 12.5. The standard InChI is InChI=1S/C18H30N4O2/c1-12(2)9-10-19-16(23)14-13-8-6-7-11-22(13)15(20-14)17(24)21-18(3,4)5/h12H,6-11H2,1-5H3,(H,19,23)(H,21,24). The minimum atomic E-state index is -0.335. The van der Waals surface area contributed by atoms with Crippen molar-refractivity contribution in [3.8, 4) is 0 Å². The van der Waals surface area contributed by atoms with Gasteiger partial charge >= 0.3 is 0 Å². The van der Waals surface area contributed by atoms with Gasteiger partial charge in [0, 0.05) is 18.6 Å². The maximum Gasteiger partial charge on any atom is 0.287 e. The minimum Gasteiger partial charge on any atom is -0.351 e. The first kappa shape index (κ1) is 18.5. The van der Waals surface area contributed by atoms with Crippen molar-refractivity contribution in [2.45, 2.75) is 72.4 Å². The van der Waals surface area contributed by atoms with Gasteiger partial charge in [0.05, 0.1) is 5.69 Å². The van der Waals surface area contributed by atoms with Gasteiger partial charge < -0.3 is 15.2 Å². The van der Waals surface area contributed by atoms with Crippen LogP contribution in [0.1, 0.15) is 80.7 Å². The van der Waals surface area contributed by atoms with E-state index in [1.807, 2.05) is 25.3 Å². The van der Waals surface area contributed by atoms with Gasteiger partial charge in [-0.05, 0) is 52.4 Å². The number of carbonyl (C=O) groups excluding carboxylic acids is 2. The molecule has 0 saturated carbocycles. The van der Waals surface area contributed by atoms with Crippen LogP contribution in [-0.4, -0.2) is 33.4 Å². The number of amides is 2. The largest absolute Gasteiger partial charge is 0.351 e. The highest BCUT2D eigenvalue weighted by Crippen LogP contribution is 2.21. The molecular formula is C18H30N4O2. The lowest BCUT2D eigenvalue weighted by Crippen LogP contribution is -2.42. The van der Waals surface area contributed by atoms with E-state index in [2.05, 4.69) is 29.5 Å². The molecule has 2 heterocycles. The van der Waals surface area contributed by atoms with Crippen LogP contribution in [0.5, 0.6) is 0 Å². The number of carbonyl (C=O) groups is 2. The van der Waals surface area contributed by atoms with Crippen molar-refractivity contribution in [3.05, 3.63) is 17.2 Å². The van der Waals surface area contributed by atoms with Crippen molar-refractivity contribution < 1.29 is 9.59 Å². The zero-order valence-corrected chi connectivity index (χ0v) is 15.5. The molecule has 0 unspecified atom stereocenters. The van der Waals surface area contributed by atoms with Crippen molar-refractivity contribution in [1.29, 1.82) is 0 Å². The molecule has 2 amide bonds. The Labute approximate surface area is 144 Å². The molecule has 0 aromatic carbocycles. The fourth-order valence-electron chi connectivity index (χ4n) is 2.85. The van der Waals surface area contributed by atoms with E-state index in [0.29, 0.717) is 24.0 Å². The highest BCUT2D eigenvalue weighted by Gasteiger charge is 2.28. The van der Waals surface area contributed by atoms with Gasteiger partial charge in [-0.1, -0.05) is 13.8 Å². The lowest BCUT2D eigenvalue weighted by molar-refractivity contribution is 0.0903. The first-order chi connectivity index (χ1) is 11.2. The van der Waals surface area contributed by atoms with Crippen molar-refractivity contribution in [3.63, 3.8) is 0 Å². The van der Waals surface area contributed by atoms with E-state index < -0.39 is 0 Å². The van der Waals surface area contributed by atoms with E-state index in [-0.39, 0.29) is 17.4 Å². The summed E-state index contributed by atoms with van der Waals surface area (Å²) >= 11 is 0. The minimum absolute atomic E-state index is 0.170. The van der Waals surface area contributed by atoms with Gasteiger partial charge in [0.2, 0.25) is 0 Å². The van der Waals surface area contributed by atoms with Crippen molar-refractivity contribution in [1.82, 2.24) is 20.2 Å². The van der Waals surface area contributed by atoms with Crippen molar-refractivity contribution >= 4 is 11.8 Å². The van der Waals surface area contributed by atoms with Crippen LogP contribution in [-0.2, 0) is 13.0 Å². The van der Waals surface area contributed by atoms with Gasteiger partial charge in [-0.15, -0.1) is 0 Å². The molecule has 2 N–H and O–H groups in total. The molecule has 1 aliphatic rings. The van der Waals surface area contributed by atoms with E-state index in [0.717, 1.165) is 37.9 Å². The van der Waals surface area contributed by atoms with Gasteiger partial charge in [0.15, 0.2) is 5.82 Å². The van der Waals surface area contributed by atoms with Crippen LogP contribution in [0.15, 0.2) is 0 Å². The van der Waals surface area contributed by atoms with Gasteiger partial charge in [-0.3, -0.25) is 9.59 Å². The molecule has 0 aliphatic carbocycles. The third-order valence-corrected chi connectivity index (χ3v) is 4.03. The monoisotopic (exact) mass is 334 g/mol. The van der Waals surface area contributed by atoms with E-state index in [4.69, 9.17) is 0 Å². The van der Waals surface area contributed by atoms with Crippen LogP contribution in [0.25, 0.3) is 0 Å². The fraction of sp³-hybridized carbons (Fsp3) is 0.722. The van der Waals surface area contributed by atoms with E-state index in [1.165, 1.54) is 0 Å². The van der Waals surface area contributed by atoms with Gasteiger partial charge in [0.1, 0.15) is 5.69 Å². The third kappa shape index (κ3) is 4.58. The molecule has 0 atom stereocenters. The zero-order valence-electron chi connectivity index (χ0n) is 15.5. The van der Waals surface area contributed by atoms with Gasteiger partial charge in [-0.2, -0.15) is 0 Å². The Morgan fingerprint density at radius 1 is 1.21 bits per heavy atom. The van der Waals surface area contributed by atoms with Crippen LogP contribution < -0.4 is 10.6 Å². The second-order valence-corrected chi connectivity index (χ2v) is 7.98. The Balaban J connectivity index is 2.23. The first-order valence-corrected chi connectivity index (χ1v) is 8.89. The van der Waals surface area contributed by atoms with Crippen LogP contribution in [0, 0.1) is 5.92 Å². The molecule has 0 bridgehead atoms. The number of hydrogen-bond donors (Lipinski definition) is 2. The number of rotatable bonds is 5. The molecule has 0 saturated heterocycles.